The average Bonchev–Trinajstić information content (AvgIpc) is 2.33. The molecule has 0 aromatic heterocycles. The molecule has 0 fully saturated rings. The first-order valence-electron chi connectivity index (χ1n) is 2.45. The van der Waals surface area contributed by atoms with Crippen molar-refractivity contribution in [2.45, 2.75) is 0 Å². The first-order valence-corrected chi connectivity index (χ1v) is 4.59. The number of nitriles is 1. The van der Waals surface area contributed by atoms with Crippen molar-refractivity contribution in [1.82, 2.24) is 0 Å². The molecule has 0 aromatic carbocycles. The molecule has 9 heavy (non-hydrogen) atoms. The minimum absolute atomic E-state index is 0.334. The van der Waals surface area contributed by atoms with Crippen molar-refractivity contribution in [3.8, 4) is 6.07 Å². The predicted molar refractivity (Wildman–Crippen MR) is 38.5 cm³/mol. The zero-order chi connectivity index (χ0) is 6.69. The summed E-state index contributed by atoms with van der Waals surface area (Å²) in [7, 11) is 0. The fraction of sp³-hybridized carbons (Fsp3) is 0. The second kappa shape index (κ2) is 2.66. The quantitative estimate of drug-likeness (QED) is 0.537. The number of rotatable bonds is 1. The molecule has 1 aliphatic rings. The molecule has 0 radical (unpaired) electrons. The van der Waals surface area contributed by atoms with Crippen molar-refractivity contribution in [3.63, 3.8) is 0 Å². The zero-order valence-corrected chi connectivity index (χ0v) is 6.85. The Labute approximate surface area is 60.5 Å². The van der Waals surface area contributed by atoms with E-state index in [2.05, 4.69) is 10.5 Å². The number of hydrogen-bond acceptors (Lipinski definition) is 2. The Morgan fingerprint density at radius 3 is 3.11 bits per heavy atom. The van der Waals surface area contributed by atoms with Crippen LogP contribution in [-0.4, -0.2) is 21.7 Å². The van der Waals surface area contributed by atoms with Crippen molar-refractivity contribution in [1.29, 1.82) is 5.26 Å². The van der Waals surface area contributed by atoms with Crippen molar-refractivity contribution >= 4 is 21.7 Å². The van der Waals surface area contributed by atoms with Crippen molar-refractivity contribution in [3.05, 3.63) is 23.1 Å². The van der Waals surface area contributed by atoms with Gasteiger partial charge >= 0.3 is 60.0 Å². The van der Waals surface area contributed by atoms with Crippen LogP contribution in [0.25, 0.3) is 0 Å². The minimum atomic E-state index is -0.334. The molecule has 0 saturated carbocycles. The molecule has 44 valence electrons. The number of nitrogens with zero attached hydrogens (tertiary/aromatic N) is 2. The van der Waals surface area contributed by atoms with E-state index in [1.165, 1.54) is 0 Å². The third-order valence-electron chi connectivity index (χ3n) is 0.996. The van der Waals surface area contributed by atoms with E-state index in [-0.39, 0.29) is 16.0 Å². The standard InChI is InChI=1S/C6H5AsN2/c1-2-5-3-7-9-6(5)4-8/h2-3,7H,1H2. The molecule has 3 heteroatoms. The van der Waals surface area contributed by atoms with Gasteiger partial charge < -0.3 is 0 Å². The van der Waals surface area contributed by atoms with E-state index in [0.717, 1.165) is 5.57 Å². The third-order valence-corrected chi connectivity index (χ3v) is 2.66. The Bertz CT molecular complexity index is 232. The van der Waals surface area contributed by atoms with Gasteiger partial charge in [-0.25, -0.2) is 0 Å². The van der Waals surface area contributed by atoms with Crippen LogP contribution in [0.2, 0.25) is 0 Å². The molecule has 1 atom stereocenters. The van der Waals surface area contributed by atoms with Crippen LogP contribution in [0.3, 0.4) is 0 Å². The van der Waals surface area contributed by atoms with Gasteiger partial charge in [0.1, 0.15) is 0 Å². The van der Waals surface area contributed by atoms with Crippen LogP contribution in [0, 0.1) is 11.3 Å². The molecule has 2 nitrogen and oxygen atoms in total. The van der Waals surface area contributed by atoms with Gasteiger partial charge in [-0.15, -0.1) is 0 Å². The normalized spacial score (nSPS) is 18.6. The van der Waals surface area contributed by atoms with Crippen LogP contribution in [0.4, 0.5) is 0 Å². The van der Waals surface area contributed by atoms with Crippen LogP contribution >= 0.6 is 0 Å². The van der Waals surface area contributed by atoms with Gasteiger partial charge in [-0.1, -0.05) is 0 Å². The summed E-state index contributed by atoms with van der Waals surface area (Å²) in [6, 6.07) is 2.01. The Morgan fingerprint density at radius 2 is 2.67 bits per heavy atom. The van der Waals surface area contributed by atoms with Gasteiger partial charge in [0, 0.05) is 0 Å². The Balaban J connectivity index is 2.89. The van der Waals surface area contributed by atoms with Crippen molar-refractivity contribution < 1.29 is 0 Å². The summed E-state index contributed by atoms with van der Waals surface area (Å²) < 4.78 is 4.02. The maximum atomic E-state index is 8.42. The van der Waals surface area contributed by atoms with Crippen LogP contribution in [0.5, 0.6) is 0 Å². The molecule has 0 aliphatic carbocycles. The molecule has 0 aromatic rings. The summed E-state index contributed by atoms with van der Waals surface area (Å²) in [4.78, 5) is 2.01. The Hall–Kier alpha value is -0.802. The average molecular weight is 180 g/mol. The third kappa shape index (κ3) is 1.12. The number of hydrogen-bond donors (Lipinski definition) is 0. The molecule has 0 amide bonds. The summed E-state index contributed by atoms with van der Waals surface area (Å²) in [6.45, 7) is 3.56. The molecule has 1 unspecified atom stereocenters. The summed E-state index contributed by atoms with van der Waals surface area (Å²) >= 11 is -0.334. The molecule has 0 saturated heterocycles. The van der Waals surface area contributed by atoms with Crippen molar-refractivity contribution in [2.24, 2.45) is 3.91 Å². The molecule has 1 aliphatic heterocycles. The molecule has 1 rings (SSSR count). The van der Waals surface area contributed by atoms with Gasteiger partial charge in [0.05, 0.1) is 0 Å². The van der Waals surface area contributed by atoms with Gasteiger partial charge in [0.2, 0.25) is 0 Å². The van der Waals surface area contributed by atoms with Crippen LogP contribution in [0.15, 0.2) is 27.0 Å². The molecule has 0 bridgehead atoms. The first-order chi connectivity index (χ1) is 4.38. The van der Waals surface area contributed by atoms with Crippen LogP contribution in [0.1, 0.15) is 0 Å². The molecular weight excluding hydrogens is 175 g/mol. The van der Waals surface area contributed by atoms with E-state index < -0.39 is 0 Å². The van der Waals surface area contributed by atoms with Gasteiger partial charge in [-0.2, -0.15) is 0 Å². The fourth-order valence-corrected chi connectivity index (χ4v) is 2.15. The van der Waals surface area contributed by atoms with Gasteiger partial charge in [0.25, 0.3) is 0 Å². The number of allylic oxidation sites excluding steroid dienone is 2. The molecule has 0 N–H and O–H groups in total. The summed E-state index contributed by atoms with van der Waals surface area (Å²) in [6.07, 6.45) is 1.68. The first kappa shape index (κ1) is 6.32. The summed E-state index contributed by atoms with van der Waals surface area (Å²) in [5.74, 6) is 0. The van der Waals surface area contributed by atoms with E-state index in [4.69, 9.17) is 5.26 Å². The van der Waals surface area contributed by atoms with Gasteiger partial charge in [-0.05, 0) is 0 Å². The molecular formula is C6H5AsN2. The molecule has 1 heterocycles. The van der Waals surface area contributed by atoms with Gasteiger partial charge in [-0.3, -0.25) is 0 Å². The second-order valence-corrected chi connectivity index (χ2v) is 3.12. The predicted octanol–water partition coefficient (Wildman–Crippen LogP) is 0.386. The van der Waals surface area contributed by atoms with E-state index in [1.54, 1.807) is 6.08 Å². The Morgan fingerprint density at radius 1 is 1.89 bits per heavy atom. The zero-order valence-electron chi connectivity index (χ0n) is 4.76. The van der Waals surface area contributed by atoms with E-state index in [9.17, 15) is 0 Å². The maximum absolute atomic E-state index is 8.42. The second-order valence-electron chi connectivity index (χ2n) is 1.51. The van der Waals surface area contributed by atoms with E-state index in [0.29, 0.717) is 5.71 Å². The SMILES string of the molecule is C=CC1=C[AsH]N=C1C#N. The van der Waals surface area contributed by atoms with Crippen LogP contribution < -0.4 is 0 Å². The Kier molecular flexibility index (Phi) is 1.87. The van der Waals surface area contributed by atoms with E-state index >= 15 is 0 Å². The van der Waals surface area contributed by atoms with Gasteiger partial charge in [0.15, 0.2) is 0 Å². The monoisotopic (exact) mass is 180 g/mol. The summed E-state index contributed by atoms with van der Waals surface area (Å²) in [5, 5.41) is 8.42. The topological polar surface area (TPSA) is 36.1 Å². The van der Waals surface area contributed by atoms with Crippen molar-refractivity contribution in [2.75, 3.05) is 0 Å². The molecule has 0 spiro atoms. The van der Waals surface area contributed by atoms with E-state index in [1.807, 2.05) is 10.9 Å². The summed E-state index contributed by atoms with van der Waals surface area (Å²) in [5.41, 5.74) is 1.47. The van der Waals surface area contributed by atoms with Crippen LogP contribution in [-0.2, 0) is 0 Å². The fourth-order valence-electron chi connectivity index (χ4n) is 0.544.